The molecule has 2 unspecified atom stereocenters. The van der Waals surface area contributed by atoms with Gasteiger partial charge in [0.05, 0.1) is 17.0 Å². The summed E-state index contributed by atoms with van der Waals surface area (Å²) in [6, 6.07) is 4.02. The molecule has 3 nitrogen and oxygen atoms in total. The van der Waals surface area contributed by atoms with Crippen LogP contribution in [0.4, 0.5) is 0 Å². The minimum absolute atomic E-state index is 0.0281. The third kappa shape index (κ3) is 4.35. The fourth-order valence-electron chi connectivity index (χ4n) is 3.56. The van der Waals surface area contributed by atoms with Crippen LogP contribution in [0, 0.1) is 12.8 Å². The molecule has 0 fully saturated rings. The Morgan fingerprint density at radius 1 is 1.36 bits per heavy atom. The maximum absolute atomic E-state index is 10.1. The number of pyridine rings is 1. The molecule has 0 aromatic carbocycles. The van der Waals surface area contributed by atoms with Crippen LogP contribution in [0.5, 0.6) is 0 Å². The molecule has 150 valence electrons. The largest absolute Gasteiger partial charge is 0.392 e. The molecule has 28 heavy (non-hydrogen) atoms. The van der Waals surface area contributed by atoms with Gasteiger partial charge in [-0.2, -0.15) is 0 Å². The Morgan fingerprint density at radius 3 is 2.71 bits per heavy atom. The van der Waals surface area contributed by atoms with Crippen LogP contribution in [0.3, 0.4) is 0 Å². The summed E-state index contributed by atoms with van der Waals surface area (Å²) < 4.78 is 2.28. The van der Waals surface area contributed by atoms with Gasteiger partial charge in [0.2, 0.25) is 0 Å². The first kappa shape index (κ1) is 21.5. The first-order valence-electron chi connectivity index (χ1n) is 9.45. The monoisotopic (exact) mass is 436 g/mol. The summed E-state index contributed by atoms with van der Waals surface area (Å²) in [7, 11) is 0. The molecule has 1 aliphatic carbocycles. The highest BCUT2D eigenvalue weighted by Gasteiger charge is 2.28. The molecule has 1 aliphatic rings. The summed E-state index contributed by atoms with van der Waals surface area (Å²) in [6.07, 6.45) is 7.57. The molecular weight excluding hydrogens is 411 g/mol. The first-order chi connectivity index (χ1) is 13.3. The van der Waals surface area contributed by atoms with Crippen LogP contribution < -0.4 is 0 Å². The molecule has 2 aromatic rings. The molecule has 2 heterocycles. The van der Waals surface area contributed by atoms with Crippen molar-refractivity contribution in [2.24, 2.45) is 5.92 Å². The quantitative estimate of drug-likeness (QED) is 0.546. The average Bonchev–Trinajstić information content (AvgIpc) is 2.91. The van der Waals surface area contributed by atoms with Crippen molar-refractivity contribution in [1.29, 1.82) is 0 Å². The van der Waals surface area contributed by atoms with Crippen LogP contribution in [-0.4, -0.2) is 20.0 Å². The highest BCUT2D eigenvalue weighted by molar-refractivity contribution is 8.03. The van der Waals surface area contributed by atoms with E-state index in [0.29, 0.717) is 11.6 Å². The van der Waals surface area contributed by atoms with Gasteiger partial charge >= 0.3 is 0 Å². The number of nitrogens with zero attached hydrogens (tertiary/aromatic N) is 2. The Labute approximate surface area is 181 Å². The van der Waals surface area contributed by atoms with Crippen molar-refractivity contribution in [2.45, 2.75) is 57.2 Å². The molecule has 0 aliphatic heterocycles. The maximum atomic E-state index is 10.1. The van der Waals surface area contributed by atoms with Gasteiger partial charge in [-0.3, -0.25) is 4.98 Å². The fourth-order valence-corrected chi connectivity index (χ4v) is 5.81. The van der Waals surface area contributed by atoms with E-state index in [0.717, 1.165) is 26.8 Å². The zero-order valence-electron chi connectivity index (χ0n) is 16.6. The van der Waals surface area contributed by atoms with Gasteiger partial charge in [0, 0.05) is 41.1 Å². The van der Waals surface area contributed by atoms with Crippen molar-refractivity contribution < 1.29 is 5.11 Å². The van der Waals surface area contributed by atoms with Gasteiger partial charge in [0.25, 0.3) is 0 Å². The van der Waals surface area contributed by atoms with Crippen LogP contribution in [0.2, 0.25) is 0 Å². The molecule has 3 rings (SSSR count). The number of halogens is 2. The van der Waals surface area contributed by atoms with Crippen molar-refractivity contribution in [1.82, 2.24) is 9.55 Å². The molecule has 2 atom stereocenters. The lowest BCUT2D eigenvalue weighted by molar-refractivity contribution is 0.279. The minimum atomic E-state index is -0.123. The van der Waals surface area contributed by atoms with E-state index >= 15 is 0 Å². The van der Waals surface area contributed by atoms with Crippen LogP contribution in [0.25, 0.3) is 0 Å². The number of alkyl halides is 1. The van der Waals surface area contributed by atoms with Gasteiger partial charge in [-0.05, 0) is 47.1 Å². The van der Waals surface area contributed by atoms with E-state index in [1.54, 1.807) is 18.0 Å². The van der Waals surface area contributed by atoms with Gasteiger partial charge in [0.15, 0.2) is 0 Å². The van der Waals surface area contributed by atoms with E-state index < -0.39 is 0 Å². The van der Waals surface area contributed by atoms with Crippen molar-refractivity contribution in [3.63, 3.8) is 0 Å². The lowest BCUT2D eigenvalue weighted by atomic mass is 10.0. The Balaban J connectivity index is 2.11. The van der Waals surface area contributed by atoms with Gasteiger partial charge in [-0.25, -0.2) is 0 Å². The highest BCUT2D eigenvalue weighted by atomic mass is 35.5. The molecule has 0 saturated heterocycles. The number of rotatable bonds is 6. The number of aliphatic hydroxyl groups excluding tert-OH is 1. The fraction of sp³-hybridized carbons (Fsp3) is 0.409. The second kappa shape index (κ2) is 9.08. The Hall–Kier alpha value is -1.20. The van der Waals surface area contributed by atoms with Gasteiger partial charge in [0.1, 0.15) is 0 Å². The Bertz CT molecular complexity index is 903. The van der Waals surface area contributed by atoms with E-state index in [4.69, 9.17) is 23.2 Å². The van der Waals surface area contributed by atoms with Gasteiger partial charge in [-0.1, -0.05) is 50.2 Å². The molecule has 6 heteroatoms. The number of hydrogen-bond donors (Lipinski definition) is 1. The van der Waals surface area contributed by atoms with Crippen molar-refractivity contribution in [2.75, 3.05) is 0 Å². The number of aromatic nitrogens is 2. The number of aliphatic hydroxyl groups is 1. The average molecular weight is 437 g/mol. The molecular formula is C22H26Cl2N2OS. The third-order valence-electron chi connectivity index (χ3n) is 5.18. The summed E-state index contributed by atoms with van der Waals surface area (Å²) in [4.78, 5) is 5.39. The minimum Gasteiger partial charge on any atom is -0.392 e. The lowest BCUT2D eigenvalue weighted by Crippen LogP contribution is -2.14. The normalized spacial score (nSPS) is 19.7. The summed E-state index contributed by atoms with van der Waals surface area (Å²) in [6.45, 7) is 9.27. The molecule has 0 amide bonds. The first-order valence-corrected chi connectivity index (χ1v) is 11.1. The maximum Gasteiger partial charge on any atom is 0.0837 e. The van der Waals surface area contributed by atoms with Crippen LogP contribution in [0.15, 0.2) is 51.6 Å². The zero-order valence-corrected chi connectivity index (χ0v) is 18.9. The number of allylic oxidation sites excluding steroid dienone is 4. The molecule has 1 N–H and O–H groups in total. The van der Waals surface area contributed by atoms with Crippen molar-refractivity contribution >= 4 is 35.0 Å². The second-order valence-corrected chi connectivity index (χ2v) is 9.48. The van der Waals surface area contributed by atoms with Crippen LogP contribution in [-0.2, 0) is 13.2 Å². The molecule has 0 spiro atoms. The molecule has 0 radical (unpaired) electrons. The zero-order chi connectivity index (χ0) is 20.4. The van der Waals surface area contributed by atoms with Crippen molar-refractivity contribution in [3.8, 4) is 0 Å². The molecule has 0 bridgehead atoms. The summed E-state index contributed by atoms with van der Waals surface area (Å²) in [5, 5.41) is 11.8. The molecule has 2 aromatic heterocycles. The Kier molecular flexibility index (Phi) is 6.98. The van der Waals surface area contributed by atoms with Gasteiger partial charge in [-0.15, -0.1) is 11.6 Å². The Morgan fingerprint density at radius 2 is 2.11 bits per heavy atom. The summed E-state index contributed by atoms with van der Waals surface area (Å²) >= 11 is 14.5. The SMILES string of the molecule is Cc1c(CO)c(C(C)C)c(SC2=CC(Cl)=CC(Cl)C2C)n1Cc1cccnc1. The van der Waals surface area contributed by atoms with E-state index in [2.05, 4.69) is 43.3 Å². The van der Waals surface area contributed by atoms with Gasteiger partial charge < -0.3 is 9.67 Å². The topological polar surface area (TPSA) is 38.0 Å². The van der Waals surface area contributed by atoms with Crippen LogP contribution >= 0.6 is 35.0 Å². The summed E-state index contributed by atoms with van der Waals surface area (Å²) in [5.41, 5.74) is 4.42. The van der Waals surface area contributed by atoms with Crippen LogP contribution in [0.1, 0.15) is 49.1 Å². The predicted molar refractivity (Wildman–Crippen MR) is 119 cm³/mol. The molecule has 0 saturated carbocycles. The van der Waals surface area contributed by atoms with E-state index in [1.165, 1.54) is 5.56 Å². The number of thioether (sulfide) groups is 1. The van der Waals surface area contributed by atoms with Crippen molar-refractivity contribution in [3.05, 3.63) is 69.0 Å². The third-order valence-corrected chi connectivity index (χ3v) is 7.28. The predicted octanol–water partition coefficient (Wildman–Crippen LogP) is 6.21. The highest BCUT2D eigenvalue weighted by Crippen LogP contribution is 2.45. The summed E-state index contributed by atoms with van der Waals surface area (Å²) in [5.74, 6) is 0.463. The lowest BCUT2D eigenvalue weighted by Gasteiger charge is -2.24. The standard InChI is InChI=1S/C22H26Cl2N2OS/c1-13(2)21-18(12-27)15(4)26(11-16-6-5-7-25-10-16)22(21)28-20-9-17(23)8-19(24)14(20)3/h5-10,13-14,19,27H,11-12H2,1-4H3. The second-order valence-electron chi connectivity index (χ2n) is 7.48. The smallest absolute Gasteiger partial charge is 0.0837 e. The van der Waals surface area contributed by atoms with E-state index in [1.807, 2.05) is 24.4 Å². The van der Waals surface area contributed by atoms with E-state index in [-0.39, 0.29) is 23.8 Å². The number of hydrogen-bond acceptors (Lipinski definition) is 3. The van der Waals surface area contributed by atoms with E-state index in [9.17, 15) is 5.11 Å².